The van der Waals surface area contributed by atoms with Crippen molar-refractivity contribution < 1.29 is 4.79 Å². The molecule has 0 spiro atoms. The van der Waals surface area contributed by atoms with Crippen LogP contribution in [0.25, 0.3) is 11.0 Å². The summed E-state index contributed by atoms with van der Waals surface area (Å²) in [5.41, 5.74) is -0.239. The van der Waals surface area contributed by atoms with Crippen LogP contribution in [0.15, 0.2) is 21.9 Å². The van der Waals surface area contributed by atoms with Crippen molar-refractivity contribution >= 4 is 16.9 Å². The predicted molar refractivity (Wildman–Crippen MR) is 95.7 cm³/mol. The van der Waals surface area contributed by atoms with Crippen molar-refractivity contribution in [3.63, 3.8) is 0 Å². The number of hydrogen-bond donors (Lipinski definition) is 1. The Hall–Kier alpha value is -2.44. The van der Waals surface area contributed by atoms with E-state index in [-0.39, 0.29) is 23.0 Å². The molecule has 2 atom stereocenters. The van der Waals surface area contributed by atoms with Gasteiger partial charge < -0.3 is 5.32 Å². The van der Waals surface area contributed by atoms with Gasteiger partial charge in [0.05, 0.1) is 10.9 Å². The summed E-state index contributed by atoms with van der Waals surface area (Å²) >= 11 is 0. The van der Waals surface area contributed by atoms with E-state index in [0.717, 1.165) is 30.3 Å². The fraction of sp³-hybridized carbons (Fsp3) is 0.556. The SMILES string of the molecule is CCC1CCCCC1NC(=O)c1cnc2c(c1)c(=O)n(C)c(=O)n2C. The summed E-state index contributed by atoms with van der Waals surface area (Å²) in [6.45, 7) is 2.15. The number of carbonyl (C=O) groups excluding carboxylic acids is 1. The molecule has 0 aromatic carbocycles. The lowest BCUT2D eigenvalue weighted by Crippen LogP contribution is -2.42. The fourth-order valence-corrected chi connectivity index (χ4v) is 3.73. The molecule has 2 aromatic rings. The van der Waals surface area contributed by atoms with E-state index in [1.54, 1.807) is 7.05 Å². The average molecular weight is 344 g/mol. The molecule has 0 radical (unpaired) electrons. The third kappa shape index (κ3) is 3.10. The van der Waals surface area contributed by atoms with Crippen molar-refractivity contribution in [3.8, 4) is 0 Å². The van der Waals surface area contributed by atoms with Crippen molar-refractivity contribution in [2.75, 3.05) is 0 Å². The highest BCUT2D eigenvalue weighted by atomic mass is 16.2. The minimum absolute atomic E-state index is 0.171. The first-order chi connectivity index (χ1) is 11.9. The molecule has 134 valence electrons. The highest BCUT2D eigenvalue weighted by Gasteiger charge is 2.25. The van der Waals surface area contributed by atoms with Crippen molar-refractivity contribution in [1.82, 2.24) is 19.4 Å². The fourth-order valence-electron chi connectivity index (χ4n) is 3.73. The minimum Gasteiger partial charge on any atom is -0.349 e. The molecule has 7 heteroatoms. The van der Waals surface area contributed by atoms with E-state index in [9.17, 15) is 14.4 Å². The molecule has 1 aliphatic carbocycles. The van der Waals surface area contributed by atoms with Crippen LogP contribution >= 0.6 is 0 Å². The van der Waals surface area contributed by atoms with Crippen LogP contribution in [0.2, 0.25) is 0 Å². The molecular weight excluding hydrogens is 320 g/mol. The smallest absolute Gasteiger partial charge is 0.332 e. The summed E-state index contributed by atoms with van der Waals surface area (Å²) in [6, 6.07) is 1.70. The van der Waals surface area contributed by atoms with Crippen LogP contribution in [-0.4, -0.2) is 26.1 Å². The maximum Gasteiger partial charge on any atom is 0.332 e. The number of amides is 1. The molecule has 2 unspecified atom stereocenters. The summed E-state index contributed by atoms with van der Waals surface area (Å²) in [5.74, 6) is 0.287. The van der Waals surface area contributed by atoms with E-state index in [1.165, 1.54) is 30.3 Å². The summed E-state index contributed by atoms with van der Waals surface area (Å²) in [5, 5.41) is 3.38. The predicted octanol–water partition coefficient (Wildman–Crippen LogP) is 1.33. The van der Waals surface area contributed by atoms with Gasteiger partial charge in [0.2, 0.25) is 0 Å². The number of fused-ring (bicyclic) bond motifs is 1. The summed E-state index contributed by atoms with van der Waals surface area (Å²) in [6.07, 6.45) is 6.94. The van der Waals surface area contributed by atoms with Crippen molar-refractivity contribution in [2.24, 2.45) is 20.0 Å². The van der Waals surface area contributed by atoms with Gasteiger partial charge >= 0.3 is 5.69 Å². The van der Waals surface area contributed by atoms with Crippen molar-refractivity contribution in [3.05, 3.63) is 38.7 Å². The first kappa shape index (κ1) is 17.4. The zero-order valence-corrected chi connectivity index (χ0v) is 14.9. The molecule has 0 saturated heterocycles. The van der Waals surface area contributed by atoms with Crippen molar-refractivity contribution in [2.45, 2.75) is 45.1 Å². The van der Waals surface area contributed by atoms with Gasteiger partial charge in [-0.15, -0.1) is 0 Å². The Morgan fingerprint density at radius 2 is 1.96 bits per heavy atom. The highest BCUT2D eigenvalue weighted by Crippen LogP contribution is 2.27. The number of aryl methyl sites for hydroxylation is 1. The van der Waals surface area contributed by atoms with Crippen LogP contribution < -0.4 is 16.6 Å². The first-order valence-corrected chi connectivity index (χ1v) is 8.80. The molecule has 1 N–H and O–H groups in total. The van der Waals surface area contributed by atoms with Crippen molar-refractivity contribution in [1.29, 1.82) is 0 Å². The number of aromatic nitrogens is 3. The molecular formula is C18H24N4O3. The zero-order valence-electron chi connectivity index (χ0n) is 14.9. The average Bonchev–Trinajstić information content (AvgIpc) is 2.64. The topological polar surface area (TPSA) is 86.0 Å². The largest absolute Gasteiger partial charge is 0.349 e. The van der Waals surface area contributed by atoms with Crippen LogP contribution in [0.4, 0.5) is 0 Å². The second kappa shape index (κ2) is 6.82. The van der Waals surface area contributed by atoms with Gasteiger partial charge in [0, 0.05) is 26.3 Å². The third-order valence-electron chi connectivity index (χ3n) is 5.31. The molecule has 1 aliphatic rings. The van der Waals surface area contributed by atoms with Crippen LogP contribution in [0.5, 0.6) is 0 Å². The Morgan fingerprint density at radius 3 is 2.68 bits per heavy atom. The van der Waals surface area contributed by atoms with Gasteiger partial charge in [-0.25, -0.2) is 9.78 Å². The number of nitrogens with zero attached hydrogens (tertiary/aromatic N) is 3. The van der Waals surface area contributed by atoms with Gasteiger partial charge in [0.25, 0.3) is 11.5 Å². The molecule has 1 amide bonds. The molecule has 1 saturated carbocycles. The summed E-state index contributed by atoms with van der Waals surface area (Å²) in [4.78, 5) is 41.1. The lowest BCUT2D eigenvalue weighted by Gasteiger charge is -2.31. The second-order valence-electron chi connectivity index (χ2n) is 6.83. The Kier molecular flexibility index (Phi) is 4.74. The van der Waals surface area contributed by atoms with Gasteiger partial charge in [-0.3, -0.25) is 18.7 Å². The maximum absolute atomic E-state index is 12.6. The minimum atomic E-state index is -0.440. The molecule has 7 nitrogen and oxygen atoms in total. The second-order valence-corrected chi connectivity index (χ2v) is 6.83. The standard InChI is InChI=1S/C18H24N4O3/c1-4-11-7-5-6-8-14(11)20-16(23)12-9-13-15(19-10-12)21(2)18(25)22(3)17(13)24/h9-11,14H,4-8H2,1-3H3,(H,20,23). The van der Waals surface area contributed by atoms with Crippen LogP contribution in [0, 0.1) is 5.92 Å². The Labute approximate surface area is 145 Å². The molecule has 1 fully saturated rings. The van der Waals surface area contributed by atoms with Gasteiger partial charge in [-0.05, 0) is 24.8 Å². The zero-order chi connectivity index (χ0) is 18.1. The van der Waals surface area contributed by atoms with Gasteiger partial charge in [0.15, 0.2) is 0 Å². The third-order valence-corrected chi connectivity index (χ3v) is 5.31. The van der Waals surface area contributed by atoms with Crippen LogP contribution in [-0.2, 0) is 14.1 Å². The molecule has 2 aromatic heterocycles. The molecule has 3 rings (SSSR count). The lowest BCUT2D eigenvalue weighted by molar-refractivity contribution is 0.0904. The van der Waals surface area contributed by atoms with Crippen LogP contribution in [0.3, 0.4) is 0 Å². The summed E-state index contributed by atoms with van der Waals surface area (Å²) < 4.78 is 2.34. The molecule has 2 heterocycles. The monoisotopic (exact) mass is 344 g/mol. The molecule has 0 bridgehead atoms. The number of rotatable bonds is 3. The van der Waals surface area contributed by atoms with Gasteiger partial charge in [0.1, 0.15) is 5.65 Å². The van der Waals surface area contributed by atoms with E-state index >= 15 is 0 Å². The van der Waals surface area contributed by atoms with E-state index in [2.05, 4.69) is 17.2 Å². The Morgan fingerprint density at radius 1 is 1.24 bits per heavy atom. The normalized spacial score (nSPS) is 20.6. The Balaban J connectivity index is 1.95. The number of pyridine rings is 1. The van der Waals surface area contributed by atoms with Gasteiger partial charge in [-0.2, -0.15) is 0 Å². The number of nitrogens with one attached hydrogen (secondary N) is 1. The van der Waals surface area contributed by atoms with E-state index in [4.69, 9.17) is 0 Å². The lowest BCUT2D eigenvalue weighted by atomic mass is 9.83. The highest BCUT2D eigenvalue weighted by molar-refractivity contribution is 5.96. The maximum atomic E-state index is 12.6. The van der Waals surface area contributed by atoms with E-state index < -0.39 is 11.2 Å². The first-order valence-electron chi connectivity index (χ1n) is 8.80. The number of carbonyl (C=O) groups is 1. The van der Waals surface area contributed by atoms with E-state index in [1.807, 2.05) is 0 Å². The van der Waals surface area contributed by atoms with Gasteiger partial charge in [-0.1, -0.05) is 26.2 Å². The quantitative estimate of drug-likeness (QED) is 0.910. The van der Waals surface area contributed by atoms with Crippen LogP contribution in [0.1, 0.15) is 49.4 Å². The molecule has 25 heavy (non-hydrogen) atoms. The number of hydrogen-bond acceptors (Lipinski definition) is 4. The summed E-state index contributed by atoms with van der Waals surface area (Å²) in [7, 11) is 2.98. The Bertz CT molecular complexity index is 928. The molecule has 0 aliphatic heterocycles. The van der Waals surface area contributed by atoms with E-state index in [0.29, 0.717) is 11.5 Å².